The van der Waals surface area contributed by atoms with E-state index in [0.717, 1.165) is 58.8 Å². The number of rotatable bonds is 6. The standard InChI is InChI=1S/C27H31N3O4/c31-25(18-30-11-8-19(9-12-30)7-10-29-13-15-34-16-14-29)28-20-5-6-23-24(17-20)27(33)22-4-2-1-3-21(22)26(23)32/h1-6,17,19H,7-16,18H2,(H,28,31). The number of likely N-dealkylation sites (tertiary alicyclic amines) is 1. The molecule has 2 aliphatic heterocycles. The summed E-state index contributed by atoms with van der Waals surface area (Å²) in [6.45, 7) is 7.08. The van der Waals surface area contributed by atoms with E-state index >= 15 is 0 Å². The van der Waals surface area contributed by atoms with Gasteiger partial charge in [-0.05, 0) is 63.0 Å². The fraction of sp³-hybridized carbons (Fsp3) is 0.444. The maximum Gasteiger partial charge on any atom is 0.238 e. The van der Waals surface area contributed by atoms with Gasteiger partial charge in [-0.15, -0.1) is 0 Å². The first-order valence-electron chi connectivity index (χ1n) is 12.2. The molecule has 0 saturated carbocycles. The highest BCUT2D eigenvalue weighted by Gasteiger charge is 2.29. The Kier molecular flexibility index (Phi) is 6.85. The van der Waals surface area contributed by atoms with Gasteiger partial charge in [-0.1, -0.05) is 24.3 Å². The van der Waals surface area contributed by atoms with Crippen molar-refractivity contribution in [1.29, 1.82) is 0 Å². The number of fused-ring (bicyclic) bond motifs is 2. The number of anilines is 1. The average Bonchev–Trinajstić information content (AvgIpc) is 2.87. The first kappa shape index (κ1) is 22.9. The average molecular weight is 462 g/mol. The van der Waals surface area contributed by atoms with E-state index in [1.807, 2.05) is 0 Å². The van der Waals surface area contributed by atoms with Crippen LogP contribution in [0.3, 0.4) is 0 Å². The second-order valence-corrected chi connectivity index (χ2v) is 9.47. The van der Waals surface area contributed by atoms with Crippen LogP contribution in [0.4, 0.5) is 5.69 Å². The molecule has 0 aromatic heterocycles. The maximum absolute atomic E-state index is 12.9. The Morgan fingerprint density at radius 3 is 2.21 bits per heavy atom. The van der Waals surface area contributed by atoms with Crippen molar-refractivity contribution in [3.05, 3.63) is 64.7 Å². The van der Waals surface area contributed by atoms with Crippen molar-refractivity contribution >= 4 is 23.2 Å². The number of nitrogens with one attached hydrogen (secondary N) is 1. The number of hydrogen-bond acceptors (Lipinski definition) is 6. The number of carbonyl (C=O) groups excluding carboxylic acids is 3. The second-order valence-electron chi connectivity index (χ2n) is 9.47. The molecular formula is C27H31N3O4. The van der Waals surface area contributed by atoms with Gasteiger partial charge in [-0.3, -0.25) is 24.2 Å². The van der Waals surface area contributed by atoms with E-state index in [1.165, 1.54) is 6.42 Å². The summed E-state index contributed by atoms with van der Waals surface area (Å²) in [6, 6.07) is 11.8. The molecule has 2 heterocycles. The Morgan fingerprint density at radius 1 is 0.853 bits per heavy atom. The van der Waals surface area contributed by atoms with E-state index in [1.54, 1.807) is 42.5 Å². The van der Waals surface area contributed by atoms with Crippen molar-refractivity contribution in [3.63, 3.8) is 0 Å². The van der Waals surface area contributed by atoms with Crippen LogP contribution >= 0.6 is 0 Å². The highest BCUT2D eigenvalue weighted by Crippen LogP contribution is 2.29. The van der Waals surface area contributed by atoms with Crippen LogP contribution in [0.5, 0.6) is 0 Å². The van der Waals surface area contributed by atoms with Crippen molar-refractivity contribution in [1.82, 2.24) is 9.80 Å². The molecule has 2 saturated heterocycles. The Balaban J connectivity index is 1.12. The molecule has 0 spiro atoms. The SMILES string of the molecule is O=C(CN1CCC(CCN2CCOCC2)CC1)Nc1ccc2c(c1)C(=O)c1ccccc1C2=O. The summed E-state index contributed by atoms with van der Waals surface area (Å²) >= 11 is 0. The lowest BCUT2D eigenvalue weighted by atomic mass is 9.84. The number of ketones is 2. The van der Waals surface area contributed by atoms with Crippen LogP contribution in [0.15, 0.2) is 42.5 Å². The number of piperidine rings is 1. The zero-order valence-corrected chi connectivity index (χ0v) is 19.4. The molecule has 1 aliphatic carbocycles. The molecule has 5 rings (SSSR count). The normalized spacial score (nSPS) is 19.5. The largest absolute Gasteiger partial charge is 0.379 e. The van der Waals surface area contributed by atoms with Crippen LogP contribution in [-0.4, -0.2) is 79.8 Å². The summed E-state index contributed by atoms with van der Waals surface area (Å²) < 4.78 is 5.42. The van der Waals surface area contributed by atoms with Crippen molar-refractivity contribution < 1.29 is 19.1 Å². The highest BCUT2D eigenvalue weighted by atomic mass is 16.5. The zero-order chi connectivity index (χ0) is 23.5. The summed E-state index contributed by atoms with van der Waals surface area (Å²) in [6.07, 6.45) is 3.45. The van der Waals surface area contributed by atoms with Crippen molar-refractivity contribution in [3.8, 4) is 0 Å². The van der Waals surface area contributed by atoms with E-state index in [9.17, 15) is 14.4 Å². The number of morpholine rings is 1. The lowest BCUT2D eigenvalue weighted by Crippen LogP contribution is -2.41. The third-order valence-corrected chi connectivity index (χ3v) is 7.24. The maximum atomic E-state index is 12.9. The van der Waals surface area contributed by atoms with Crippen LogP contribution < -0.4 is 5.32 Å². The minimum Gasteiger partial charge on any atom is -0.379 e. The minimum atomic E-state index is -0.180. The topological polar surface area (TPSA) is 79.0 Å². The van der Waals surface area contributed by atoms with Gasteiger partial charge in [0.25, 0.3) is 0 Å². The van der Waals surface area contributed by atoms with E-state index in [-0.39, 0.29) is 17.5 Å². The Hall–Kier alpha value is -2.87. The number of hydrogen-bond donors (Lipinski definition) is 1. The van der Waals surface area contributed by atoms with Crippen molar-refractivity contribution in [2.45, 2.75) is 19.3 Å². The van der Waals surface area contributed by atoms with Crippen LogP contribution in [0.25, 0.3) is 0 Å². The molecule has 0 unspecified atom stereocenters. The molecule has 1 amide bonds. The third kappa shape index (κ3) is 4.97. The molecule has 1 N–H and O–H groups in total. The molecule has 7 heteroatoms. The lowest BCUT2D eigenvalue weighted by molar-refractivity contribution is -0.117. The van der Waals surface area contributed by atoms with Crippen LogP contribution in [0.2, 0.25) is 0 Å². The number of nitrogens with zero attached hydrogens (tertiary/aromatic N) is 2. The highest BCUT2D eigenvalue weighted by molar-refractivity contribution is 6.28. The summed E-state index contributed by atoms with van der Waals surface area (Å²) in [5.74, 6) is 0.288. The van der Waals surface area contributed by atoms with Gasteiger partial charge in [0.2, 0.25) is 5.91 Å². The molecule has 3 aliphatic rings. The first-order chi connectivity index (χ1) is 16.6. The van der Waals surface area contributed by atoms with E-state index in [2.05, 4.69) is 15.1 Å². The first-order valence-corrected chi connectivity index (χ1v) is 12.2. The van der Waals surface area contributed by atoms with Gasteiger partial charge in [-0.2, -0.15) is 0 Å². The van der Waals surface area contributed by atoms with Crippen LogP contribution in [0.1, 0.15) is 51.1 Å². The van der Waals surface area contributed by atoms with Gasteiger partial charge in [0.05, 0.1) is 19.8 Å². The molecular weight excluding hydrogens is 430 g/mol. The van der Waals surface area contributed by atoms with Crippen LogP contribution in [0, 0.1) is 5.92 Å². The van der Waals surface area contributed by atoms with Gasteiger partial charge in [0.1, 0.15) is 0 Å². The van der Waals surface area contributed by atoms with Gasteiger partial charge in [0, 0.05) is 41.0 Å². The molecule has 2 fully saturated rings. The number of benzene rings is 2. The van der Waals surface area contributed by atoms with E-state index in [4.69, 9.17) is 4.74 Å². The Morgan fingerprint density at radius 2 is 1.50 bits per heavy atom. The molecule has 178 valence electrons. The third-order valence-electron chi connectivity index (χ3n) is 7.24. The molecule has 0 radical (unpaired) electrons. The lowest BCUT2D eigenvalue weighted by Gasteiger charge is -2.33. The molecule has 34 heavy (non-hydrogen) atoms. The summed E-state index contributed by atoms with van der Waals surface area (Å²) in [4.78, 5) is 43.0. The predicted octanol–water partition coefficient (Wildman–Crippen LogP) is 2.83. The minimum absolute atomic E-state index is 0.0956. The number of carbonyl (C=O) groups is 3. The Labute approximate surface area is 200 Å². The Bertz CT molecular complexity index is 1090. The molecule has 2 aromatic rings. The summed E-state index contributed by atoms with van der Waals surface area (Å²) in [5.41, 5.74) is 2.14. The van der Waals surface area contributed by atoms with E-state index in [0.29, 0.717) is 40.4 Å². The number of ether oxygens (including phenoxy) is 1. The van der Waals surface area contributed by atoms with Crippen molar-refractivity contribution in [2.75, 3.05) is 57.8 Å². The van der Waals surface area contributed by atoms with Crippen LogP contribution in [-0.2, 0) is 9.53 Å². The predicted molar refractivity (Wildman–Crippen MR) is 129 cm³/mol. The fourth-order valence-electron chi connectivity index (χ4n) is 5.20. The van der Waals surface area contributed by atoms with E-state index < -0.39 is 0 Å². The summed E-state index contributed by atoms with van der Waals surface area (Å²) in [5, 5.41) is 2.92. The van der Waals surface area contributed by atoms with Crippen molar-refractivity contribution in [2.24, 2.45) is 5.92 Å². The van der Waals surface area contributed by atoms with Gasteiger partial charge in [-0.25, -0.2) is 0 Å². The molecule has 0 atom stereocenters. The monoisotopic (exact) mass is 461 g/mol. The zero-order valence-electron chi connectivity index (χ0n) is 19.4. The smallest absolute Gasteiger partial charge is 0.238 e. The summed E-state index contributed by atoms with van der Waals surface area (Å²) in [7, 11) is 0. The number of amides is 1. The van der Waals surface area contributed by atoms with Gasteiger partial charge < -0.3 is 10.1 Å². The second kappa shape index (κ2) is 10.2. The molecule has 0 bridgehead atoms. The van der Waals surface area contributed by atoms with Gasteiger partial charge >= 0.3 is 0 Å². The quantitative estimate of drug-likeness (QED) is 0.608. The molecule has 7 nitrogen and oxygen atoms in total. The van der Waals surface area contributed by atoms with Gasteiger partial charge in [0.15, 0.2) is 11.6 Å². The fourth-order valence-corrected chi connectivity index (χ4v) is 5.20. The molecule has 2 aromatic carbocycles.